The van der Waals surface area contributed by atoms with Crippen molar-refractivity contribution in [1.82, 2.24) is 14.4 Å². The number of hydrogen-bond donors (Lipinski definition) is 0. The van der Waals surface area contributed by atoms with Crippen LogP contribution in [0.15, 0.2) is 28.7 Å². The Kier molecular flexibility index (Phi) is 6.68. The van der Waals surface area contributed by atoms with Crippen molar-refractivity contribution >= 4 is 32.9 Å². The molecule has 2 saturated heterocycles. The number of likely N-dealkylation sites (tertiary alicyclic amines) is 2. The van der Waals surface area contributed by atoms with Crippen LogP contribution < -0.4 is 0 Å². The van der Waals surface area contributed by atoms with Crippen molar-refractivity contribution in [3.05, 3.63) is 34.4 Å². The number of ether oxygens (including phenoxy) is 1. The van der Waals surface area contributed by atoms with Gasteiger partial charge in [0.05, 0.1) is 0 Å². The van der Waals surface area contributed by atoms with Crippen LogP contribution in [0.1, 0.15) is 58.2 Å². The molecule has 6 heteroatoms. The SMILES string of the molecule is Cc1cc2c(Br)cccc2n1C1CCN(CC2CCN(C(=O)OC(C)(C)C)CC2)CC1. The number of rotatable bonds is 3. The molecule has 3 heterocycles. The molecule has 170 valence electrons. The Labute approximate surface area is 194 Å². The molecule has 5 nitrogen and oxygen atoms in total. The van der Waals surface area contributed by atoms with Gasteiger partial charge in [0, 0.05) is 59.8 Å². The van der Waals surface area contributed by atoms with Crippen LogP contribution in [0.25, 0.3) is 10.9 Å². The van der Waals surface area contributed by atoms with Crippen molar-refractivity contribution in [2.75, 3.05) is 32.7 Å². The minimum atomic E-state index is -0.419. The van der Waals surface area contributed by atoms with Gasteiger partial charge in [0.2, 0.25) is 0 Å². The molecule has 0 radical (unpaired) electrons. The van der Waals surface area contributed by atoms with E-state index in [4.69, 9.17) is 4.74 Å². The van der Waals surface area contributed by atoms with E-state index in [9.17, 15) is 4.79 Å². The van der Waals surface area contributed by atoms with E-state index in [0.717, 1.165) is 45.6 Å². The fourth-order valence-electron chi connectivity index (χ4n) is 5.18. The molecule has 0 saturated carbocycles. The molecular weight excluding hydrogens is 454 g/mol. The van der Waals surface area contributed by atoms with Crippen LogP contribution in [0.4, 0.5) is 4.79 Å². The van der Waals surface area contributed by atoms with E-state index in [-0.39, 0.29) is 6.09 Å². The number of halogens is 1. The zero-order chi connectivity index (χ0) is 22.2. The quantitative estimate of drug-likeness (QED) is 0.530. The van der Waals surface area contributed by atoms with E-state index < -0.39 is 5.60 Å². The summed E-state index contributed by atoms with van der Waals surface area (Å²) in [7, 11) is 0. The fourth-order valence-corrected chi connectivity index (χ4v) is 5.65. The lowest BCUT2D eigenvalue weighted by Gasteiger charge is -2.38. The van der Waals surface area contributed by atoms with Crippen molar-refractivity contribution < 1.29 is 9.53 Å². The molecule has 1 aromatic heterocycles. The van der Waals surface area contributed by atoms with Gasteiger partial charge in [-0.3, -0.25) is 0 Å². The predicted molar refractivity (Wildman–Crippen MR) is 130 cm³/mol. The Morgan fingerprint density at radius 3 is 2.42 bits per heavy atom. The Morgan fingerprint density at radius 1 is 1.10 bits per heavy atom. The van der Waals surface area contributed by atoms with E-state index in [0.29, 0.717) is 12.0 Å². The number of hydrogen-bond acceptors (Lipinski definition) is 3. The highest BCUT2D eigenvalue weighted by atomic mass is 79.9. The molecule has 0 N–H and O–H groups in total. The number of piperidine rings is 2. The number of aryl methyl sites for hydroxylation is 1. The number of fused-ring (bicyclic) bond motifs is 1. The third-order valence-corrected chi connectivity index (χ3v) is 7.42. The van der Waals surface area contributed by atoms with Crippen LogP contribution in [-0.2, 0) is 4.74 Å². The second-order valence-electron chi connectivity index (χ2n) is 10.3. The first-order valence-corrected chi connectivity index (χ1v) is 12.5. The van der Waals surface area contributed by atoms with E-state index in [1.54, 1.807) is 0 Å². The number of amides is 1. The Morgan fingerprint density at radius 2 is 1.77 bits per heavy atom. The lowest BCUT2D eigenvalue weighted by Crippen LogP contribution is -2.45. The van der Waals surface area contributed by atoms with Crippen LogP contribution in [-0.4, -0.2) is 58.8 Å². The first-order valence-electron chi connectivity index (χ1n) is 11.7. The van der Waals surface area contributed by atoms with Crippen LogP contribution >= 0.6 is 15.9 Å². The molecule has 1 aromatic carbocycles. The monoisotopic (exact) mass is 489 g/mol. The summed E-state index contributed by atoms with van der Waals surface area (Å²) in [6.07, 6.45) is 4.40. The van der Waals surface area contributed by atoms with Crippen molar-refractivity contribution in [3.8, 4) is 0 Å². The first-order chi connectivity index (χ1) is 14.7. The molecule has 2 aliphatic rings. The third-order valence-electron chi connectivity index (χ3n) is 6.73. The number of aromatic nitrogens is 1. The van der Waals surface area contributed by atoms with E-state index in [1.807, 2.05) is 25.7 Å². The normalized spacial score (nSPS) is 19.8. The van der Waals surface area contributed by atoms with Crippen molar-refractivity contribution in [2.24, 2.45) is 5.92 Å². The molecule has 31 heavy (non-hydrogen) atoms. The molecule has 0 spiro atoms. The predicted octanol–water partition coefficient (Wildman–Crippen LogP) is 6.00. The standard InChI is InChI=1S/C25H36BrN3O2/c1-18-16-21-22(26)6-5-7-23(21)29(18)20-10-12-27(13-11-20)17-19-8-14-28(15-9-19)24(30)31-25(2,3)4/h5-7,16,19-20H,8-15,17H2,1-4H3. The van der Waals surface area contributed by atoms with E-state index >= 15 is 0 Å². The van der Waals surface area contributed by atoms with Gasteiger partial charge in [-0.1, -0.05) is 22.0 Å². The summed E-state index contributed by atoms with van der Waals surface area (Å²) in [6, 6.07) is 9.41. The molecule has 0 aliphatic carbocycles. The molecule has 0 bridgehead atoms. The number of benzene rings is 1. The second-order valence-corrected chi connectivity index (χ2v) is 11.1. The largest absolute Gasteiger partial charge is 0.444 e. The maximum atomic E-state index is 12.3. The van der Waals surface area contributed by atoms with Crippen LogP contribution in [0, 0.1) is 12.8 Å². The van der Waals surface area contributed by atoms with E-state index in [2.05, 4.69) is 56.6 Å². The highest BCUT2D eigenvalue weighted by molar-refractivity contribution is 9.10. The van der Waals surface area contributed by atoms with Gasteiger partial charge < -0.3 is 19.1 Å². The smallest absolute Gasteiger partial charge is 0.410 e. The maximum Gasteiger partial charge on any atom is 0.410 e. The Balaban J connectivity index is 1.28. The zero-order valence-corrected chi connectivity index (χ0v) is 21.0. The Bertz CT molecular complexity index is 917. The summed E-state index contributed by atoms with van der Waals surface area (Å²) >= 11 is 3.71. The molecule has 4 rings (SSSR count). The third kappa shape index (κ3) is 5.28. The molecule has 2 aliphatic heterocycles. The molecular formula is C25H36BrN3O2. The van der Waals surface area contributed by atoms with Crippen molar-refractivity contribution in [1.29, 1.82) is 0 Å². The van der Waals surface area contributed by atoms with Gasteiger partial charge in [-0.05, 0) is 77.5 Å². The van der Waals surface area contributed by atoms with Crippen LogP contribution in [0.3, 0.4) is 0 Å². The van der Waals surface area contributed by atoms with Crippen molar-refractivity contribution in [3.63, 3.8) is 0 Å². The summed E-state index contributed by atoms with van der Waals surface area (Å²) < 4.78 is 9.26. The lowest BCUT2D eigenvalue weighted by atomic mass is 9.95. The van der Waals surface area contributed by atoms with Gasteiger partial charge >= 0.3 is 6.09 Å². The molecule has 0 atom stereocenters. The summed E-state index contributed by atoms with van der Waals surface area (Å²) in [4.78, 5) is 16.8. The molecule has 2 fully saturated rings. The second kappa shape index (κ2) is 9.14. The fraction of sp³-hybridized carbons (Fsp3) is 0.640. The highest BCUT2D eigenvalue weighted by Crippen LogP contribution is 2.34. The molecule has 2 aromatic rings. The van der Waals surface area contributed by atoms with Gasteiger partial charge in [-0.2, -0.15) is 0 Å². The van der Waals surface area contributed by atoms with Gasteiger partial charge in [-0.15, -0.1) is 0 Å². The molecule has 1 amide bonds. The minimum Gasteiger partial charge on any atom is -0.444 e. The van der Waals surface area contributed by atoms with Gasteiger partial charge in [0.1, 0.15) is 5.60 Å². The van der Waals surface area contributed by atoms with Gasteiger partial charge in [0.25, 0.3) is 0 Å². The Hall–Kier alpha value is -1.53. The highest BCUT2D eigenvalue weighted by Gasteiger charge is 2.29. The first kappa shape index (κ1) is 22.7. The topological polar surface area (TPSA) is 37.7 Å². The van der Waals surface area contributed by atoms with E-state index in [1.165, 1.54) is 33.9 Å². The number of carbonyl (C=O) groups is 1. The summed E-state index contributed by atoms with van der Waals surface area (Å²) in [5.74, 6) is 0.681. The van der Waals surface area contributed by atoms with Crippen molar-refractivity contribution in [2.45, 2.75) is 65.0 Å². The van der Waals surface area contributed by atoms with Crippen LogP contribution in [0.2, 0.25) is 0 Å². The zero-order valence-electron chi connectivity index (χ0n) is 19.4. The minimum absolute atomic E-state index is 0.160. The number of carbonyl (C=O) groups excluding carboxylic acids is 1. The maximum absolute atomic E-state index is 12.3. The molecule has 0 unspecified atom stereocenters. The van der Waals surface area contributed by atoms with Crippen LogP contribution in [0.5, 0.6) is 0 Å². The average Bonchev–Trinajstić information content (AvgIpc) is 3.05. The summed E-state index contributed by atoms with van der Waals surface area (Å²) in [6.45, 7) is 13.1. The van der Waals surface area contributed by atoms with Gasteiger partial charge in [0.15, 0.2) is 0 Å². The summed E-state index contributed by atoms with van der Waals surface area (Å²) in [5.41, 5.74) is 2.28. The lowest BCUT2D eigenvalue weighted by molar-refractivity contribution is 0.0164. The average molecular weight is 490 g/mol. The van der Waals surface area contributed by atoms with Gasteiger partial charge in [-0.25, -0.2) is 4.79 Å². The summed E-state index contributed by atoms with van der Waals surface area (Å²) in [5, 5.41) is 1.32. The number of nitrogens with zero attached hydrogens (tertiary/aromatic N) is 3.